The number of aromatic nitrogens is 2. The summed E-state index contributed by atoms with van der Waals surface area (Å²) in [5.41, 5.74) is -1.68. The number of hydrogen-bond donors (Lipinski definition) is 1. The molecule has 1 aliphatic heterocycles. The van der Waals surface area contributed by atoms with Gasteiger partial charge < -0.3 is 19.3 Å². The minimum absolute atomic E-state index is 0.0649. The first-order chi connectivity index (χ1) is 17.1. The van der Waals surface area contributed by atoms with E-state index in [1.807, 2.05) is 24.3 Å². The molecule has 194 valence electrons. The third kappa shape index (κ3) is 4.77. The normalized spacial score (nSPS) is 15.8. The van der Waals surface area contributed by atoms with E-state index in [1.54, 1.807) is 14.0 Å². The van der Waals surface area contributed by atoms with Crippen LogP contribution in [0.4, 0.5) is 0 Å². The molecular formula is C25H29BrN2O7S. The van der Waals surface area contributed by atoms with E-state index in [0.29, 0.717) is 51.4 Å². The second kappa shape index (κ2) is 10.5. The first-order valence-corrected chi connectivity index (χ1v) is 13.2. The van der Waals surface area contributed by atoms with Gasteiger partial charge in [0.1, 0.15) is 22.2 Å². The summed E-state index contributed by atoms with van der Waals surface area (Å²) in [6.45, 7) is 5.70. The van der Waals surface area contributed by atoms with Gasteiger partial charge in [0.05, 0.1) is 28.9 Å². The first kappa shape index (κ1) is 26.6. The molecule has 0 amide bonds. The summed E-state index contributed by atoms with van der Waals surface area (Å²) in [7, 11) is 1.57. The molecule has 1 saturated heterocycles. The number of carboxylic acids is 1. The van der Waals surface area contributed by atoms with Gasteiger partial charge in [0.25, 0.3) is 5.56 Å². The summed E-state index contributed by atoms with van der Waals surface area (Å²) in [6.07, 6.45) is 0.749. The predicted octanol–water partition coefficient (Wildman–Crippen LogP) is 4.06. The standard InChI is InChI=1S/C25H29BrN2O7S/c1-14-19-21(29)28(25(2,3)23(30)31)24(32)27(22(19)36-20(14)26)13-18(35-15-9-11-34-12-10-15)16-7-5-6-8-17(16)33-4/h5-8,15,18H,9-13H2,1-4H3,(H,30,31). The molecule has 0 radical (unpaired) electrons. The van der Waals surface area contributed by atoms with E-state index in [1.165, 1.54) is 29.8 Å². The van der Waals surface area contributed by atoms with Gasteiger partial charge in [-0.1, -0.05) is 18.2 Å². The van der Waals surface area contributed by atoms with Crippen molar-refractivity contribution in [2.45, 2.75) is 57.9 Å². The van der Waals surface area contributed by atoms with Gasteiger partial charge in [0.2, 0.25) is 0 Å². The number of carboxylic acid groups (broad SMARTS) is 1. The van der Waals surface area contributed by atoms with Crippen LogP contribution in [0.3, 0.4) is 0 Å². The van der Waals surface area contributed by atoms with Crippen molar-refractivity contribution in [3.8, 4) is 5.75 Å². The largest absolute Gasteiger partial charge is 0.496 e. The molecule has 3 aromatic rings. The molecule has 4 rings (SSSR count). The van der Waals surface area contributed by atoms with Crippen LogP contribution >= 0.6 is 27.3 Å². The fraction of sp³-hybridized carbons (Fsp3) is 0.480. The van der Waals surface area contributed by atoms with Crippen LogP contribution in [-0.2, 0) is 26.4 Å². The molecule has 1 fully saturated rings. The Hall–Kier alpha value is -2.47. The van der Waals surface area contributed by atoms with Crippen molar-refractivity contribution in [1.82, 2.24) is 9.13 Å². The highest BCUT2D eigenvalue weighted by Crippen LogP contribution is 2.36. The molecule has 1 aliphatic rings. The fourth-order valence-corrected chi connectivity index (χ4v) is 6.11. The Morgan fingerprint density at radius 2 is 1.94 bits per heavy atom. The number of halogens is 1. The quantitative estimate of drug-likeness (QED) is 0.428. The number of fused-ring (bicyclic) bond motifs is 1. The number of para-hydroxylation sites is 1. The van der Waals surface area contributed by atoms with Crippen molar-refractivity contribution < 1.29 is 24.1 Å². The SMILES string of the molecule is COc1ccccc1C(Cn1c(=O)n(C(C)(C)C(=O)O)c(=O)c2c(C)c(Br)sc21)OC1CCOCC1. The Morgan fingerprint density at radius 1 is 1.28 bits per heavy atom. The molecule has 0 spiro atoms. The van der Waals surface area contributed by atoms with E-state index in [9.17, 15) is 19.5 Å². The van der Waals surface area contributed by atoms with Gasteiger partial charge in [-0.2, -0.15) is 0 Å². The minimum atomic E-state index is -1.76. The molecule has 1 N–H and O–H groups in total. The molecule has 9 nitrogen and oxygen atoms in total. The number of aryl methyl sites for hydroxylation is 1. The van der Waals surface area contributed by atoms with E-state index in [4.69, 9.17) is 14.2 Å². The smallest absolute Gasteiger partial charge is 0.333 e. The number of nitrogens with zero attached hydrogens (tertiary/aromatic N) is 2. The van der Waals surface area contributed by atoms with Gasteiger partial charge in [0.15, 0.2) is 0 Å². The molecule has 0 saturated carbocycles. The number of ether oxygens (including phenoxy) is 3. The molecule has 1 aromatic carbocycles. The number of aliphatic carboxylic acids is 1. The summed E-state index contributed by atoms with van der Waals surface area (Å²) >= 11 is 4.76. The predicted molar refractivity (Wildman–Crippen MR) is 140 cm³/mol. The van der Waals surface area contributed by atoms with Gasteiger partial charge in [-0.05, 0) is 61.2 Å². The zero-order valence-corrected chi connectivity index (χ0v) is 23.0. The highest BCUT2D eigenvalue weighted by molar-refractivity contribution is 9.11. The van der Waals surface area contributed by atoms with Gasteiger partial charge >= 0.3 is 11.7 Å². The van der Waals surface area contributed by atoms with Crippen LogP contribution in [-0.4, -0.2) is 46.6 Å². The molecule has 11 heteroatoms. The molecular weight excluding hydrogens is 552 g/mol. The second-order valence-electron chi connectivity index (χ2n) is 9.26. The van der Waals surface area contributed by atoms with Crippen LogP contribution < -0.4 is 16.0 Å². The summed E-state index contributed by atoms with van der Waals surface area (Å²) in [6, 6.07) is 7.44. The number of rotatable bonds is 8. The molecule has 0 aliphatic carbocycles. The summed E-state index contributed by atoms with van der Waals surface area (Å²) in [4.78, 5) is 39.8. The van der Waals surface area contributed by atoms with Crippen molar-refractivity contribution in [3.63, 3.8) is 0 Å². The lowest BCUT2D eigenvalue weighted by atomic mass is 10.0. The lowest BCUT2D eigenvalue weighted by Crippen LogP contribution is -2.52. The van der Waals surface area contributed by atoms with Gasteiger partial charge in [-0.25, -0.2) is 14.2 Å². The number of carbonyl (C=O) groups is 1. The second-order valence-corrected chi connectivity index (χ2v) is 11.6. The van der Waals surface area contributed by atoms with Crippen LogP contribution in [0.25, 0.3) is 10.2 Å². The zero-order chi connectivity index (χ0) is 26.2. The van der Waals surface area contributed by atoms with Crippen LogP contribution in [0.1, 0.15) is 43.9 Å². The Bertz CT molecular complexity index is 1400. The van der Waals surface area contributed by atoms with Gasteiger partial charge in [-0.3, -0.25) is 9.36 Å². The Morgan fingerprint density at radius 3 is 2.58 bits per heavy atom. The maximum Gasteiger partial charge on any atom is 0.333 e. The monoisotopic (exact) mass is 580 g/mol. The van der Waals surface area contributed by atoms with Crippen LogP contribution in [0, 0.1) is 6.92 Å². The molecule has 1 atom stereocenters. The summed E-state index contributed by atoms with van der Waals surface area (Å²) in [5, 5.41) is 10.2. The average molecular weight is 581 g/mol. The van der Waals surface area contributed by atoms with E-state index >= 15 is 0 Å². The van der Waals surface area contributed by atoms with Crippen molar-refractivity contribution in [3.05, 3.63) is 60.0 Å². The van der Waals surface area contributed by atoms with Gasteiger partial charge in [-0.15, -0.1) is 11.3 Å². The number of methoxy groups -OCH3 is 1. The van der Waals surface area contributed by atoms with E-state index < -0.39 is 28.9 Å². The molecule has 2 aromatic heterocycles. The van der Waals surface area contributed by atoms with Gasteiger partial charge in [0, 0.05) is 18.8 Å². The lowest BCUT2D eigenvalue weighted by Gasteiger charge is -2.30. The number of hydrogen-bond acceptors (Lipinski definition) is 7. The Kier molecular flexibility index (Phi) is 7.75. The number of thiophene rings is 1. The van der Waals surface area contributed by atoms with Crippen molar-refractivity contribution in [2.24, 2.45) is 0 Å². The average Bonchev–Trinajstić information content (AvgIpc) is 3.15. The fourth-order valence-electron chi connectivity index (χ4n) is 4.43. The maximum absolute atomic E-state index is 13.8. The topological polar surface area (TPSA) is 109 Å². The summed E-state index contributed by atoms with van der Waals surface area (Å²) < 4.78 is 20.6. The van der Waals surface area contributed by atoms with Crippen LogP contribution in [0.5, 0.6) is 5.75 Å². The molecule has 0 bridgehead atoms. The Balaban J connectivity index is 1.94. The zero-order valence-electron chi connectivity index (χ0n) is 20.6. The minimum Gasteiger partial charge on any atom is -0.496 e. The first-order valence-electron chi connectivity index (χ1n) is 11.6. The third-order valence-corrected chi connectivity index (χ3v) is 8.78. The highest BCUT2D eigenvalue weighted by Gasteiger charge is 2.36. The van der Waals surface area contributed by atoms with E-state index in [-0.39, 0.29) is 12.6 Å². The van der Waals surface area contributed by atoms with E-state index in [2.05, 4.69) is 15.9 Å². The summed E-state index contributed by atoms with van der Waals surface area (Å²) in [5.74, 6) is -0.666. The number of benzene rings is 1. The molecule has 1 unspecified atom stereocenters. The Labute approximate surface area is 220 Å². The van der Waals surface area contributed by atoms with Crippen molar-refractivity contribution in [2.75, 3.05) is 20.3 Å². The lowest BCUT2D eigenvalue weighted by molar-refractivity contribution is -0.146. The third-order valence-electron chi connectivity index (χ3n) is 6.60. The van der Waals surface area contributed by atoms with Crippen molar-refractivity contribution >= 4 is 43.5 Å². The molecule has 3 heterocycles. The highest BCUT2D eigenvalue weighted by atomic mass is 79.9. The molecule has 36 heavy (non-hydrogen) atoms. The van der Waals surface area contributed by atoms with Crippen LogP contribution in [0.15, 0.2) is 37.6 Å². The van der Waals surface area contributed by atoms with Crippen LogP contribution in [0.2, 0.25) is 0 Å². The maximum atomic E-state index is 13.8. The van der Waals surface area contributed by atoms with Crippen molar-refractivity contribution in [1.29, 1.82) is 0 Å². The van der Waals surface area contributed by atoms with E-state index in [0.717, 1.165) is 10.1 Å².